The van der Waals surface area contributed by atoms with Crippen molar-refractivity contribution in [2.45, 2.75) is 0 Å². The van der Waals surface area contributed by atoms with Gasteiger partial charge in [-0.05, 0) is 17.7 Å². The lowest BCUT2D eigenvalue weighted by molar-refractivity contribution is 0.600. The summed E-state index contributed by atoms with van der Waals surface area (Å²) in [6, 6.07) is 9.32. The van der Waals surface area contributed by atoms with Crippen molar-refractivity contribution in [3.63, 3.8) is 0 Å². The molecule has 0 atom stereocenters. The van der Waals surface area contributed by atoms with Gasteiger partial charge in [0.05, 0.1) is 11.1 Å². The second-order valence-electron chi connectivity index (χ2n) is 2.92. The average Bonchev–Trinajstić information content (AvgIpc) is 2.18. The Morgan fingerprint density at radius 1 is 1.07 bits per heavy atom. The molecule has 0 fully saturated rings. The summed E-state index contributed by atoms with van der Waals surface area (Å²) in [6.45, 7) is 0. The Bertz CT molecular complexity index is 486. The van der Waals surface area contributed by atoms with E-state index in [9.17, 15) is 8.42 Å². The first-order valence-electron chi connectivity index (χ1n) is 4.14. The average molecular weight is 207 g/mol. The number of benzene rings is 1. The molecule has 0 aliphatic carbocycles. The number of hydrogen-bond donors (Lipinski definition) is 1. The zero-order valence-corrected chi connectivity index (χ0v) is 8.16. The Kier molecular flexibility index (Phi) is 2.13. The molecule has 0 radical (unpaired) electrons. The molecule has 72 valence electrons. The first kappa shape index (κ1) is 9.02. The van der Waals surface area contributed by atoms with E-state index in [-0.39, 0.29) is 0 Å². The summed E-state index contributed by atoms with van der Waals surface area (Å²) >= 11 is 0. The molecule has 14 heavy (non-hydrogen) atoms. The molecule has 0 bridgehead atoms. The van der Waals surface area contributed by atoms with Gasteiger partial charge in [0, 0.05) is 0 Å². The van der Waals surface area contributed by atoms with Crippen molar-refractivity contribution in [3.8, 4) is 0 Å². The highest BCUT2D eigenvalue weighted by molar-refractivity contribution is 7.92. The van der Waals surface area contributed by atoms with Crippen molar-refractivity contribution in [1.82, 2.24) is 4.72 Å². The fourth-order valence-electron chi connectivity index (χ4n) is 1.23. The molecule has 1 aliphatic rings. The van der Waals surface area contributed by atoms with Gasteiger partial charge in [-0.1, -0.05) is 30.3 Å². The predicted octanol–water partition coefficient (Wildman–Crippen LogP) is 1.47. The van der Waals surface area contributed by atoms with Crippen LogP contribution >= 0.6 is 0 Å². The minimum Gasteiger partial charge on any atom is -0.280 e. The Morgan fingerprint density at radius 2 is 1.79 bits per heavy atom. The molecule has 0 aromatic heterocycles. The van der Waals surface area contributed by atoms with E-state index in [4.69, 9.17) is 0 Å². The van der Waals surface area contributed by atoms with Gasteiger partial charge in [0.25, 0.3) is 10.0 Å². The lowest BCUT2D eigenvalue weighted by Crippen LogP contribution is -2.21. The van der Waals surface area contributed by atoms with Crippen LogP contribution in [0.5, 0.6) is 0 Å². The van der Waals surface area contributed by atoms with Gasteiger partial charge >= 0.3 is 0 Å². The Labute approximate surface area is 82.8 Å². The third-order valence-electron chi connectivity index (χ3n) is 1.86. The highest BCUT2D eigenvalue weighted by Gasteiger charge is 2.11. The van der Waals surface area contributed by atoms with Crippen LogP contribution in [0.15, 0.2) is 47.9 Å². The molecule has 1 aromatic rings. The number of nitrogens with one attached hydrogen (secondary N) is 1. The van der Waals surface area contributed by atoms with E-state index in [1.807, 2.05) is 30.3 Å². The summed E-state index contributed by atoms with van der Waals surface area (Å²) in [5.74, 6) is 0. The van der Waals surface area contributed by atoms with Crippen LogP contribution < -0.4 is 4.72 Å². The highest BCUT2D eigenvalue weighted by atomic mass is 32.2. The van der Waals surface area contributed by atoms with Crippen LogP contribution in [0.4, 0.5) is 0 Å². The largest absolute Gasteiger partial charge is 0.280 e. The number of rotatable bonds is 1. The summed E-state index contributed by atoms with van der Waals surface area (Å²) in [6.07, 6.45) is 3.25. The van der Waals surface area contributed by atoms with Crippen LogP contribution in [0.25, 0.3) is 5.70 Å². The van der Waals surface area contributed by atoms with E-state index in [2.05, 4.69) is 4.72 Å². The van der Waals surface area contributed by atoms with Crippen LogP contribution in [0.3, 0.4) is 0 Å². The second kappa shape index (κ2) is 3.31. The van der Waals surface area contributed by atoms with Crippen molar-refractivity contribution in [2.75, 3.05) is 0 Å². The summed E-state index contributed by atoms with van der Waals surface area (Å²) < 4.78 is 24.8. The smallest absolute Gasteiger partial charge is 0.255 e. The summed E-state index contributed by atoms with van der Waals surface area (Å²) in [7, 11) is -3.28. The van der Waals surface area contributed by atoms with Crippen molar-refractivity contribution in [2.24, 2.45) is 0 Å². The molecule has 3 nitrogen and oxygen atoms in total. The Hall–Kier alpha value is -1.55. The minimum absolute atomic E-state index is 0.605. The fourth-order valence-corrected chi connectivity index (χ4v) is 2.08. The summed E-state index contributed by atoms with van der Waals surface area (Å²) in [4.78, 5) is 0. The van der Waals surface area contributed by atoms with E-state index in [1.165, 1.54) is 6.08 Å². The maximum Gasteiger partial charge on any atom is 0.255 e. The molecule has 0 saturated carbocycles. The molecule has 0 spiro atoms. The monoisotopic (exact) mass is 207 g/mol. The van der Waals surface area contributed by atoms with Crippen molar-refractivity contribution in [3.05, 3.63) is 53.5 Å². The molecule has 1 heterocycles. The lowest BCUT2D eigenvalue weighted by Gasteiger charge is -2.11. The van der Waals surface area contributed by atoms with Crippen LogP contribution in [0.2, 0.25) is 0 Å². The van der Waals surface area contributed by atoms with Crippen LogP contribution in [-0.4, -0.2) is 8.42 Å². The molecular weight excluding hydrogens is 198 g/mol. The van der Waals surface area contributed by atoms with Gasteiger partial charge < -0.3 is 0 Å². The van der Waals surface area contributed by atoms with E-state index < -0.39 is 10.0 Å². The van der Waals surface area contributed by atoms with Crippen molar-refractivity contribution >= 4 is 15.7 Å². The van der Waals surface area contributed by atoms with Gasteiger partial charge in [-0.15, -0.1) is 0 Å². The predicted molar refractivity (Wildman–Crippen MR) is 55.6 cm³/mol. The summed E-state index contributed by atoms with van der Waals surface area (Å²) in [5.41, 5.74) is 1.47. The van der Waals surface area contributed by atoms with Crippen LogP contribution in [0, 0.1) is 0 Å². The van der Waals surface area contributed by atoms with Crippen LogP contribution in [0.1, 0.15) is 5.56 Å². The van der Waals surface area contributed by atoms with E-state index in [0.717, 1.165) is 11.0 Å². The highest BCUT2D eigenvalue weighted by Crippen LogP contribution is 2.15. The topological polar surface area (TPSA) is 46.2 Å². The van der Waals surface area contributed by atoms with E-state index >= 15 is 0 Å². The van der Waals surface area contributed by atoms with E-state index in [1.54, 1.807) is 6.08 Å². The van der Waals surface area contributed by atoms with Gasteiger partial charge in [-0.25, -0.2) is 8.42 Å². The normalized spacial score (nSPS) is 18.4. The third kappa shape index (κ3) is 1.85. The van der Waals surface area contributed by atoms with Gasteiger partial charge in [-0.3, -0.25) is 4.72 Å². The Balaban J connectivity index is 2.39. The maximum absolute atomic E-state index is 11.2. The van der Waals surface area contributed by atoms with Crippen molar-refractivity contribution in [1.29, 1.82) is 0 Å². The fraction of sp³-hybridized carbons (Fsp3) is 0. The molecule has 0 unspecified atom stereocenters. The SMILES string of the molecule is O=S1(=O)C=CC=C(c2ccccc2)N1. The zero-order valence-electron chi connectivity index (χ0n) is 7.34. The molecule has 2 rings (SSSR count). The summed E-state index contributed by atoms with van der Waals surface area (Å²) in [5, 5.41) is 1.14. The van der Waals surface area contributed by atoms with E-state index in [0.29, 0.717) is 5.70 Å². The van der Waals surface area contributed by atoms with Gasteiger partial charge in [0.1, 0.15) is 0 Å². The molecule has 1 aromatic carbocycles. The number of hydrogen-bond acceptors (Lipinski definition) is 2. The zero-order chi connectivity index (χ0) is 10.0. The first-order valence-corrected chi connectivity index (χ1v) is 5.69. The first-order chi connectivity index (χ1) is 6.67. The van der Waals surface area contributed by atoms with Crippen molar-refractivity contribution < 1.29 is 8.42 Å². The van der Waals surface area contributed by atoms with Crippen LogP contribution in [-0.2, 0) is 10.0 Å². The molecular formula is C10H9NO2S. The number of sulfonamides is 1. The van der Waals surface area contributed by atoms with Gasteiger partial charge in [-0.2, -0.15) is 0 Å². The quantitative estimate of drug-likeness (QED) is 0.758. The molecule has 1 N–H and O–H groups in total. The standard InChI is InChI=1S/C10H9NO2S/c12-14(13)8-4-7-10(11-14)9-5-2-1-3-6-9/h1-8,11H. The molecule has 1 aliphatic heterocycles. The van der Waals surface area contributed by atoms with Gasteiger partial charge in [0.15, 0.2) is 0 Å². The second-order valence-corrected chi connectivity index (χ2v) is 4.49. The lowest BCUT2D eigenvalue weighted by atomic mass is 10.1. The maximum atomic E-state index is 11.2. The third-order valence-corrected chi connectivity index (χ3v) is 2.88. The molecule has 4 heteroatoms. The Morgan fingerprint density at radius 3 is 2.43 bits per heavy atom. The molecule has 0 saturated heterocycles. The van der Waals surface area contributed by atoms with Gasteiger partial charge in [0.2, 0.25) is 0 Å². The number of allylic oxidation sites excluding steroid dienone is 2. The minimum atomic E-state index is -3.28. The molecule has 0 amide bonds.